The van der Waals surface area contributed by atoms with Gasteiger partial charge in [-0.1, -0.05) is 0 Å². The van der Waals surface area contributed by atoms with Gasteiger partial charge in [-0.25, -0.2) is 0 Å². The molecule has 17 heavy (non-hydrogen) atoms. The molecule has 0 radical (unpaired) electrons. The highest BCUT2D eigenvalue weighted by Gasteiger charge is 1.98. The molecule has 0 unspecified atom stereocenters. The van der Waals surface area contributed by atoms with Crippen LogP contribution in [0.25, 0.3) is 0 Å². The van der Waals surface area contributed by atoms with E-state index in [1.165, 1.54) is 0 Å². The second kappa shape index (κ2) is 7.63. The van der Waals surface area contributed by atoms with Gasteiger partial charge in [-0.05, 0) is 61.7 Å². The van der Waals surface area contributed by atoms with Crippen molar-refractivity contribution in [1.82, 2.24) is 14.8 Å². The summed E-state index contributed by atoms with van der Waals surface area (Å²) >= 11 is 3.24. The van der Waals surface area contributed by atoms with Crippen LogP contribution in [0.5, 0.6) is 0 Å². The topological polar surface area (TPSA) is 37.3 Å². The van der Waals surface area contributed by atoms with Crippen molar-refractivity contribution >= 4 is 15.9 Å². The Labute approximate surface area is 111 Å². The number of rotatable bonds is 7. The number of nitrogens with zero attached hydrogens (tertiary/aromatic N) is 2. The standard InChI is InChI=1S/C12H20BrN3O/c1-15(2)8-4-6-14-7-10-16-9-3-5-11(13)12(16)17/h3,5,9,14H,4,6-8,10H2,1-2H3. The molecule has 0 fully saturated rings. The van der Waals surface area contributed by atoms with Crippen LogP contribution in [0.3, 0.4) is 0 Å². The lowest BCUT2D eigenvalue weighted by atomic mass is 10.4. The van der Waals surface area contributed by atoms with Crippen molar-refractivity contribution in [2.75, 3.05) is 33.7 Å². The average molecular weight is 302 g/mol. The van der Waals surface area contributed by atoms with Gasteiger partial charge in [0.2, 0.25) is 0 Å². The molecule has 0 bridgehead atoms. The van der Waals surface area contributed by atoms with Crippen LogP contribution < -0.4 is 10.9 Å². The second-order valence-electron chi connectivity index (χ2n) is 4.26. The first-order valence-electron chi connectivity index (χ1n) is 5.81. The summed E-state index contributed by atoms with van der Waals surface area (Å²) in [5.74, 6) is 0. The number of hydrogen-bond donors (Lipinski definition) is 1. The van der Waals surface area contributed by atoms with Gasteiger partial charge in [-0.3, -0.25) is 4.79 Å². The fraction of sp³-hybridized carbons (Fsp3) is 0.583. The van der Waals surface area contributed by atoms with E-state index in [9.17, 15) is 4.79 Å². The lowest BCUT2D eigenvalue weighted by Crippen LogP contribution is -2.28. The summed E-state index contributed by atoms with van der Waals surface area (Å²) in [6.45, 7) is 3.61. The average Bonchev–Trinajstić information content (AvgIpc) is 2.28. The molecule has 0 aliphatic carbocycles. The van der Waals surface area contributed by atoms with Gasteiger partial charge in [0.25, 0.3) is 5.56 Å². The summed E-state index contributed by atoms with van der Waals surface area (Å²) < 4.78 is 2.33. The molecule has 1 N–H and O–H groups in total. The summed E-state index contributed by atoms with van der Waals surface area (Å²) in [6, 6.07) is 3.64. The van der Waals surface area contributed by atoms with Crippen molar-refractivity contribution in [2.24, 2.45) is 0 Å². The minimum absolute atomic E-state index is 0.0302. The number of nitrogens with one attached hydrogen (secondary N) is 1. The third-order valence-electron chi connectivity index (χ3n) is 2.46. The van der Waals surface area contributed by atoms with Crippen LogP contribution in [0, 0.1) is 0 Å². The maximum Gasteiger partial charge on any atom is 0.264 e. The fourth-order valence-electron chi connectivity index (χ4n) is 1.53. The van der Waals surface area contributed by atoms with Gasteiger partial charge in [-0.15, -0.1) is 0 Å². The normalized spacial score (nSPS) is 11.1. The Morgan fingerprint density at radius 2 is 2.18 bits per heavy atom. The number of pyridine rings is 1. The van der Waals surface area contributed by atoms with Crippen LogP contribution in [0.1, 0.15) is 6.42 Å². The Hall–Kier alpha value is -0.650. The molecule has 5 heteroatoms. The Morgan fingerprint density at radius 3 is 2.88 bits per heavy atom. The van der Waals surface area contributed by atoms with E-state index in [1.807, 2.05) is 12.3 Å². The first-order valence-corrected chi connectivity index (χ1v) is 6.61. The summed E-state index contributed by atoms with van der Waals surface area (Å²) in [4.78, 5) is 13.8. The molecule has 4 nitrogen and oxygen atoms in total. The SMILES string of the molecule is CN(C)CCCNCCn1cccc(Br)c1=O. The first-order chi connectivity index (χ1) is 8.11. The lowest BCUT2D eigenvalue weighted by Gasteiger charge is -2.10. The Morgan fingerprint density at radius 1 is 1.41 bits per heavy atom. The van der Waals surface area contributed by atoms with E-state index in [4.69, 9.17) is 0 Å². The zero-order chi connectivity index (χ0) is 12.7. The van der Waals surface area contributed by atoms with Crippen LogP contribution in [-0.4, -0.2) is 43.2 Å². The Balaban J connectivity index is 2.23. The van der Waals surface area contributed by atoms with E-state index < -0.39 is 0 Å². The van der Waals surface area contributed by atoms with E-state index in [-0.39, 0.29) is 5.56 Å². The first kappa shape index (κ1) is 14.4. The van der Waals surface area contributed by atoms with Gasteiger partial charge in [0.05, 0.1) is 4.47 Å². The van der Waals surface area contributed by atoms with E-state index in [0.29, 0.717) is 11.0 Å². The molecule has 1 aromatic heterocycles. The minimum Gasteiger partial charge on any atom is -0.315 e. The van der Waals surface area contributed by atoms with Gasteiger partial charge in [-0.2, -0.15) is 0 Å². The predicted octanol–water partition coefficient (Wildman–Crippen LogP) is 1.15. The smallest absolute Gasteiger partial charge is 0.264 e. The predicted molar refractivity (Wildman–Crippen MR) is 74.4 cm³/mol. The van der Waals surface area contributed by atoms with Crippen LogP contribution in [0.15, 0.2) is 27.6 Å². The van der Waals surface area contributed by atoms with Crippen LogP contribution in [-0.2, 0) is 6.54 Å². The van der Waals surface area contributed by atoms with Crippen molar-refractivity contribution in [3.63, 3.8) is 0 Å². The molecular formula is C12H20BrN3O. The van der Waals surface area contributed by atoms with Crippen LogP contribution >= 0.6 is 15.9 Å². The molecule has 1 heterocycles. The lowest BCUT2D eigenvalue weighted by molar-refractivity contribution is 0.393. The summed E-state index contributed by atoms with van der Waals surface area (Å²) in [5.41, 5.74) is 0.0302. The quantitative estimate of drug-likeness (QED) is 0.768. The highest BCUT2D eigenvalue weighted by Crippen LogP contribution is 2.00. The van der Waals surface area contributed by atoms with Gasteiger partial charge in [0, 0.05) is 19.3 Å². The third kappa shape index (κ3) is 5.48. The summed E-state index contributed by atoms with van der Waals surface area (Å²) in [7, 11) is 4.14. The molecule has 0 saturated heterocycles. The molecule has 1 rings (SSSR count). The number of aromatic nitrogens is 1. The number of hydrogen-bond acceptors (Lipinski definition) is 3. The molecule has 0 saturated carbocycles. The van der Waals surface area contributed by atoms with Crippen molar-refractivity contribution in [3.8, 4) is 0 Å². The second-order valence-corrected chi connectivity index (χ2v) is 5.12. The highest BCUT2D eigenvalue weighted by molar-refractivity contribution is 9.10. The zero-order valence-electron chi connectivity index (χ0n) is 10.4. The van der Waals surface area contributed by atoms with Crippen molar-refractivity contribution in [1.29, 1.82) is 0 Å². The molecule has 0 atom stereocenters. The third-order valence-corrected chi connectivity index (χ3v) is 3.07. The van der Waals surface area contributed by atoms with E-state index in [1.54, 1.807) is 10.6 Å². The number of halogens is 1. The molecule has 0 aliphatic heterocycles. The molecule has 0 spiro atoms. The Kier molecular flexibility index (Phi) is 6.47. The van der Waals surface area contributed by atoms with E-state index >= 15 is 0 Å². The van der Waals surface area contributed by atoms with Crippen molar-refractivity contribution in [3.05, 3.63) is 33.2 Å². The summed E-state index contributed by atoms with van der Waals surface area (Å²) in [5, 5.41) is 3.33. The maximum absolute atomic E-state index is 11.7. The van der Waals surface area contributed by atoms with Crippen molar-refractivity contribution in [2.45, 2.75) is 13.0 Å². The molecule has 0 aromatic carbocycles. The van der Waals surface area contributed by atoms with Gasteiger partial charge < -0.3 is 14.8 Å². The minimum atomic E-state index is 0.0302. The highest BCUT2D eigenvalue weighted by atomic mass is 79.9. The van der Waals surface area contributed by atoms with Crippen LogP contribution in [0.4, 0.5) is 0 Å². The summed E-state index contributed by atoms with van der Waals surface area (Å²) in [6.07, 6.45) is 2.94. The van der Waals surface area contributed by atoms with Crippen LogP contribution in [0.2, 0.25) is 0 Å². The Bertz CT molecular complexity index is 390. The zero-order valence-corrected chi connectivity index (χ0v) is 12.0. The van der Waals surface area contributed by atoms with E-state index in [2.05, 4.69) is 40.2 Å². The van der Waals surface area contributed by atoms with Gasteiger partial charge in [0.15, 0.2) is 0 Å². The maximum atomic E-state index is 11.7. The van der Waals surface area contributed by atoms with E-state index in [0.717, 1.165) is 26.1 Å². The molecular weight excluding hydrogens is 282 g/mol. The molecule has 0 amide bonds. The van der Waals surface area contributed by atoms with Crippen molar-refractivity contribution < 1.29 is 0 Å². The van der Waals surface area contributed by atoms with Gasteiger partial charge in [0.1, 0.15) is 0 Å². The molecule has 96 valence electrons. The molecule has 1 aromatic rings. The van der Waals surface area contributed by atoms with Gasteiger partial charge >= 0.3 is 0 Å². The molecule has 0 aliphatic rings. The monoisotopic (exact) mass is 301 g/mol. The largest absolute Gasteiger partial charge is 0.315 e. The fourth-order valence-corrected chi connectivity index (χ4v) is 1.91.